The number of benzene rings is 3. The fourth-order valence-electron chi connectivity index (χ4n) is 2.72. The Morgan fingerprint density at radius 1 is 0.893 bits per heavy atom. The van der Waals surface area contributed by atoms with Gasteiger partial charge in [0, 0.05) is 16.9 Å². The van der Waals surface area contributed by atoms with Gasteiger partial charge in [0.2, 0.25) is 0 Å². The predicted octanol–water partition coefficient (Wildman–Crippen LogP) is 4.61. The monoisotopic (exact) mass is 394 g/mol. The van der Waals surface area contributed by atoms with Crippen molar-refractivity contribution >= 4 is 27.3 Å². The molecule has 3 rings (SSSR count). The third kappa shape index (κ3) is 4.58. The van der Waals surface area contributed by atoms with E-state index in [0.717, 1.165) is 23.2 Å². The van der Waals surface area contributed by atoms with E-state index in [9.17, 15) is 13.2 Å². The molecule has 0 heterocycles. The highest BCUT2D eigenvalue weighted by molar-refractivity contribution is 7.92. The molecule has 5 nitrogen and oxygen atoms in total. The van der Waals surface area contributed by atoms with Gasteiger partial charge in [-0.1, -0.05) is 37.3 Å². The average Bonchev–Trinajstić information content (AvgIpc) is 2.70. The number of para-hydroxylation sites is 1. The van der Waals surface area contributed by atoms with Crippen molar-refractivity contribution in [3.8, 4) is 0 Å². The zero-order valence-electron chi connectivity index (χ0n) is 15.8. The number of sulfonamides is 1. The van der Waals surface area contributed by atoms with Crippen molar-refractivity contribution in [2.75, 3.05) is 10.0 Å². The summed E-state index contributed by atoms with van der Waals surface area (Å²) in [6.45, 7) is 3.94. The summed E-state index contributed by atoms with van der Waals surface area (Å²) < 4.78 is 27.7. The summed E-state index contributed by atoms with van der Waals surface area (Å²) in [7, 11) is -3.72. The van der Waals surface area contributed by atoms with E-state index >= 15 is 0 Å². The van der Waals surface area contributed by atoms with Crippen molar-refractivity contribution in [2.24, 2.45) is 0 Å². The van der Waals surface area contributed by atoms with Crippen molar-refractivity contribution in [1.29, 1.82) is 0 Å². The minimum Gasteiger partial charge on any atom is -0.322 e. The van der Waals surface area contributed by atoms with Crippen LogP contribution in [0.15, 0.2) is 77.7 Å². The maximum atomic E-state index is 12.6. The molecule has 0 saturated heterocycles. The Morgan fingerprint density at radius 2 is 1.54 bits per heavy atom. The van der Waals surface area contributed by atoms with E-state index < -0.39 is 10.0 Å². The topological polar surface area (TPSA) is 75.3 Å². The first-order chi connectivity index (χ1) is 13.4. The third-order valence-electron chi connectivity index (χ3n) is 4.43. The summed E-state index contributed by atoms with van der Waals surface area (Å²) in [6.07, 6.45) is 0.888. The fraction of sp³-hybridized carbons (Fsp3) is 0.136. The number of carbonyl (C=O) groups is 1. The van der Waals surface area contributed by atoms with Crippen LogP contribution in [0.25, 0.3) is 0 Å². The summed E-state index contributed by atoms with van der Waals surface area (Å²) >= 11 is 0. The van der Waals surface area contributed by atoms with Gasteiger partial charge in [0.1, 0.15) is 0 Å². The van der Waals surface area contributed by atoms with Crippen LogP contribution >= 0.6 is 0 Å². The molecule has 144 valence electrons. The summed E-state index contributed by atoms with van der Waals surface area (Å²) in [6, 6.07) is 20.6. The second kappa shape index (κ2) is 8.27. The lowest BCUT2D eigenvalue weighted by molar-refractivity contribution is 0.102. The van der Waals surface area contributed by atoms with Crippen LogP contribution in [0.1, 0.15) is 28.4 Å². The molecule has 0 atom stereocenters. The quantitative estimate of drug-likeness (QED) is 0.641. The van der Waals surface area contributed by atoms with E-state index in [2.05, 4.69) is 10.0 Å². The molecule has 3 aromatic rings. The molecule has 28 heavy (non-hydrogen) atoms. The maximum absolute atomic E-state index is 12.6. The molecule has 0 bridgehead atoms. The minimum atomic E-state index is -3.72. The zero-order valence-corrected chi connectivity index (χ0v) is 16.6. The molecule has 0 fully saturated rings. The third-order valence-corrected chi connectivity index (χ3v) is 5.83. The second-order valence-electron chi connectivity index (χ2n) is 6.45. The van der Waals surface area contributed by atoms with E-state index in [1.165, 1.54) is 24.3 Å². The lowest BCUT2D eigenvalue weighted by atomic mass is 10.1. The van der Waals surface area contributed by atoms with E-state index in [0.29, 0.717) is 11.3 Å². The highest BCUT2D eigenvalue weighted by Gasteiger charge is 2.15. The minimum absolute atomic E-state index is 0.0968. The first-order valence-corrected chi connectivity index (χ1v) is 10.5. The molecule has 2 N–H and O–H groups in total. The van der Waals surface area contributed by atoms with E-state index in [-0.39, 0.29) is 10.8 Å². The number of hydrogen-bond donors (Lipinski definition) is 2. The first-order valence-electron chi connectivity index (χ1n) is 8.98. The molecule has 0 radical (unpaired) electrons. The van der Waals surface area contributed by atoms with Crippen LogP contribution in [-0.4, -0.2) is 14.3 Å². The summed E-state index contributed by atoms with van der Waals surface area (Å²) in [4.78, 5) is 12.5. The van der Waals surface area contributed by atoms with Crippen molar-refractivity contribution in [3.63, 3.8) is 0 Å². The number of rotatable bonds is 6. The Hall–Kier alpha value is -3.12. The normalized spacial score (nSPS) is 11.1. The van der Waals surface area contributed by atoms with Crippen LogP contribution in [0.4, 0.5) is 11.4 Å². The Labute approximate surface area is 165 Å². The van der Waals surface area contributed by atoms with Gasteiger partial charge in [-0.15, -0.1) is 0 Å². The van der Waals surface area contributed by atoms with Gasteiger partial charge >= 0.3 is 0 Å². The average molecular weight is 394 g/mol. The van der Waals surface area contributed by atoms with Crippen LogP contribution in [0.5, 0.6) is 0 Å². The van der Waals surface area contributed by atoms with Gasteiger partial charge in [-0.05, 0) is 66.9 Å². The van der Waals surface area contributed by atoms with Crippen molar-refractivity contribution < 1.29 is 13.2 Å². The van der Waals surface area contributed by atoms with Crippen LogP contribution < -0.4 is 10.0 Å². The van der Waals surface area contributed by atoms with Crippen LogP contribution in [-0.2, 0) is 16.4 Å². The molecular formula is C22H22N2O3S. The van der Waals surface area contributed by atoms with Gasteiger partial charge < -0.3 is 5.32 Å². The predicted molar refractivity (Wildman–Crippen MR) is 112 cm³/mol. The van der Waals surface area contributed by atoms with Gasteiger partial charge in [0.05, 0.1) is 4.90 Å². The highest BCUT2D eigenvalue weighted by atomic mass is 32.2. The standard InChI is InChI=1S/C22H22N2O3S/c1-3-17-8-12-19(13-9-17)24-28(26,27)20-14-10-18(11-15-20)22(25)23-21-7-5-4-6-16(21)2/h4-15,24H,3H2,1-2H3,(H,23,25). The molecule has 3 aromatic carbocycles. The van der Waals surface area contributed by atoms with Gasteiger partial charge in [0.25, 0.3) is 15.9 Å². The maximum Gasteiger partial charge on any atom is 0.261 e. The van der Waals surface area contributed by atoms with Crippen molar-refractivity contribution in [3.05, 3.63) is 89.5 Å². The van der Waals surface area contributed by atoms with Crippen LogP contribution in [0.3, 0.4) is 0 Å². The van der Waals surface area contributed by atoms with Crippen LogP contribution in [0.2, 0.25) is 0 Å². The Morgan fingerprint density at radius 3 is 2.14 bits per heavy atom. The summed E-state index contributed by atoms with van der Waals surface area (Å²) in [5.74, 6) is -0.290. The smallest absolute Gasteiger partial charge is 0.261 e. The van der Waals surface area contributed by atoms with Crippen molar-refractivity contribution in [2.45, 2.75) is 25.2 Å². The molecular weight excluding hydrogens is 372 g/mol. The van der Waals surface area contributed by atoms with Gasteiger partial charge in [-0.3, -0.25) is 9.52 Å². The first kappa shape index (κ1) is 19.6. The second-order valence-corrected chi connectivity index (χ2v) is 8.13. The number of aryl methyl sites for hydroxylation is 2. The molecule has 0 spiro atoms. The number of nitrogens with one attached hydrogen (secondary N) is 2. The number of amides is 1. The van der Waals surface area contributed by atoms with Gasteiger partial charge in [-0.25, -0.2) is 8.42 Å². The number of anilines is 2. The zero-order chi connectivity index (χ0) is 20.1. The number of hydrogen-bond acceptors (Lipinski definition) is 3. The van der Waals surface area contributed by atoms with E-state index in [4.69, 9.17) is 0 Å². The summed E-state index contributed by atoms with van der Waals surface area (Å²) in [5.41, 5.74) is 3.69. The van der Waals surface area contributed by atoms with Crippen LogP contribution in [0, 0.1) is 6.92 Å². The van der Waals surface area contributed by atoms with Crippen molar-refractivity contribution in [1.82, 2.24) is 0 Å². The molecule has 0 saturated carbocycles. The lowest BCUT2D eigenvalue weighted by Crippen LogP contribution is -2.15. The van der Waals surface area contributed by atoms with E-state index in [1.807, 2.05) is 50.2 Å². The molecule has 0 aromatic heterocycles. The Bertz CT molecular complexity index is 1070. The molecule has 1 amide bonds. The molecule has 0 aliphatic rings. The highest BCUT2D eigenvalue weighted by Crippen LogP contribution is 2.19. The molecule has 0 aliphatic heterocycles. The molecule has 6 heteroatoms. The summed E-state index contributed by atoms with van der Waals surface area (Å²) in [5, 5.41) is 2.83. The fourth-order valence-corrected chi connectivity index (χ4v) is 3.77. The van der Waals surface area contributed by atoms with Gasteiger partial charge in [-0.2, -0.15) is 0 Å². The van der Waals surface area contributed by atoms with Gasteiger partial charge in [0.15, 0.2) is 0 Å². The lowest BCUT2D eigenvalue weighted by Gasteiger charge is -2.10. The molecule has 0 unspecified atom stereocenters. The Balaban J connectivity index is 1.73. The number of carbonyl (C=O) groups excluding carboxylic acids is 1. The Kier molecular flexibility index (Phi) is 5.80. The molecule has 0 aliphatic carbocycles. The van der Waals surface area contributed by atoms with E-state index in [1.54, 1.807) is 12.1 Å². The largest absolute Gasteiger partial charge is 0.322 e. The SMILES string of the molecule is CCc1ccc(NS(=O)(=O)c2ccc(C(=O)Nc3ccccc3C)cc2)cc1.